The zero-order chi connectivity index (χ0) is 15.1. The molecule has 2 N–H and O–H groups in total. The van der Waals surface area contributed by atoms with Crippen molar-refractivity contribution in [1.82, 2.24) is 29.4 Å². The molecular formula is C13H20ClN7. The van der Waals surface area contributed by atoms with E-state index in [4.69, 9.17) is 17.3 Å². The van der Waals surface area contributed by atoms with Crippen LogP contribution in [0.1, 0.15) is 24.9 Å². The van der Waals surface area contributed by atoms with Crippen LogP contribution in [0.2, 0.25) is 5.02 Å². The lowest BCUT2D eigenvalue weighted by Crippen LogP contribution is -2.39. The molecule has 1 unspecified atom stereocenters. The van der Waals surface area contributed by atoms with Crippen molar-refractivity contribution in [3.8, 4) is 11.5 Å². The molecule has 7 nitrogen and oxygen atoms in total. The highest BCUT2D eigenvalue weighted by Crippen LogP contribution is 2.31. The maximum atomic E-state index is 6.57. The van der Waals surface area contributed by atoms with Crippen molar-refractivity contribution in [2.75, 3.05) is 6.54 Å². The van der Waals surface area contributed by atoms with Crippen LogP contribution in [-0.4, -0.2) is 42.2 Å². The summed E-state index contributed by atoms with van der Waals surface area (Å²) in [5.74, 6) is 1.41. The molecule has 2 aromatic rings. The van der Waals surface area contributed by atoms with E-state index < -0.39 is 0 Å². The molecule has 0 fully saturated rings. The van der Waals surface area contributed by atoms with E-state index in [9.17, 15) is 0 Å². The zero-order valence-electron chi connectivity index (χ0n) is 12.5. The Labute approximate surface area is 128 Å². The minimum absolute atomic E-state index is 0.00281. The first-order valence-corrected chi connectivity index (χ1v) is 7.48. The third-order valence-corrected chi connectivity index (χ3v) is 4.22. The van der Waals surface area contributed by atoms with Crippen LogP contribution in [0.4, 0.5) is 0 Å². The Morgan fingerprint density at radius 1 is 1.29 bits per heavy atom. The fourth-order valence-corrected chi connectivity index (χ4v) is 2.99. The molecule has 114 valence electrons. The van der Waals surface area contributed by atoms with E-state index in [2.05, 4.69) is 20.1 Å². The smallest absolute Gasteiger partial charge is 0.180 e. The van der Waals surface area contributed by atoms with Gasteiger partial charge < -0.3 is 5.73 Å². The van der Waals surface area contributed by atoms with E-state index in [0.29, 0.717) is 28.9 Å². The number of fused-ring (bicyclic) bond motifs is 1. The summed E-state index contributed by atoms with van der Waals surface area (Å²) in [6.07, 6.45) is 1.01. The van der Waals surface area contributed by atoms with E-state index in [-0.39, 0.29) is 6.17 Å². The molecule has 21 heavy (non-hydrogen) atoms. The summed E-state index contributed by atoms with van der Waals surface area (Å²) in [6.45, 7) is 6.36. The summed E-state index contributed by atoms with van der Waals surface area (Å²) < 4.78 is 3.69. The maximum Gasteiger partial charge on any atom is 0.180 e. The van der Waals surface area contributed by atoms with Gasteiger partial charge in [-0.05, 0) is 20.3 Å². The molecule has 2 aromatic heterocycles. The van der Waals surface area contributed by atoms with Crippen LogP contribution in [0.25, 0.3) is 11.5 Å². The van der Waals surface area contributed by atoms with Gasteiger partial charge in [0.05, 0.1) is 16.9 Å². The van der Waals surface area contributed by atoms with Gasteiger partial charge in [-0.3, -0.25) is 9.58 Å². The summed E-state index contributed by atoms with van der Waals surface area (Å²) in [5.41, 5.74) is 7.71. The first kappa shape index (κ1) is 14.5. The van der Waals surface area contributed by atoms with Crippen molar-refractivity contribution < 1.29 is 0 Å². The lowest BCUT2D eigenvalue weighted by Gasteiger charge is -2.23. The van der Waals surface area contributed by atoms with Crippen LogP contribution in [0, 0.1) is 6.92 Å². The predicted octanol–water partition coefficient (Wildman–Crippen LogP) is 1.15. The first-order chi connectivity index (χ1) is 9.97. The molecule has 0 spiro atoms. The molecule has 0 saturated carbocycles. The molecule has 0 bridgehead atoms. The molecule has 0 aromatic carbocycles. The molecule has 0 aliphatic carbocycles. The minimum atomic E-state index is 0.00281. The average Bonchev–Trinajstić information content (AvgIpc) is 2.81. The SMILES string of the molecule is Cc1nc(-c2nn3c(c2Cl)CN(C(C)N)CCC3)n(C)n1. The molecule has 0 amide bonds. The highest BCUT2D eigenvalue weighted by molar-refractivity contribution is 6.33. The Bertz CT molecular complexity index is 658. The van der Waals surface area contributed by atoms with Gasteiger partial charge >= 0.3 is 0 Å². The summed E-state index contributed by atoms with van der Waals surface area (Å²) in [6, 6.07) is 0. The highest BCUT2D eigenvalue weighted by Gasteiger charge is 2.25. The predicted molar refractivity (Wildman–Crippen MR) is 80.6 cm³/mol. The molecule has 0 radical (unpaired) electrons. The molecule has 1 atom stereocenters. The highest BCUT2D eigenvalue weighted by atomic mass is 35.5. The largest absolute Gasteiger partial charge is 0.316 e. The van der Waals surface area contributed by atoms with Gasteiger partial charge in [-0.1, -0.05) is 11.6 Å². The molecule has 3 rings (SSSR count). The number of halogens is 1. The van der Waals surface area contributed by atoms with Gasteiger partial charge in [-0.2, -0.15) is 10.2 Å². The van der Waals surface area contributed by atoms with Gasteiger partial charge in [0.25, 0.3) is 0 Å². The van der Waals surface area contributed by atoms with E-state index in [0.717, 1.165) is 25.2 Å². The maximum absolute atomic E-state index is 6.57. The summed E-state index contributed by atoms with van der Waals surface area (Å²) in [7, 11) is 1.85. The first-order valence-electron chi connectivity index (χ1n) is 7.10. The van der Waals surface area contributed by atoms with Crippen LogP contribution < -0.4 is 5.73 Å². The minimum Gasteiger partial charge on any atom is -0.316 e. The van der Waals surface area contributed by atoms with Crippen LogP contribution in [0.3, 0.4) is 0 Å². The lowest BCUT2D eigenvalue weighted by molar-refractivity contribution is 0.207. The van der Waals surface area contributed by atoms with Gasteiger partial charge in [0, 0.05) is 26.7 Å². The Morgan fingerprint density at radius 3 is 2.67 bits per heavy atom. The van der Waals surface area contributed by atoms with E-state index in [1.165, 1.54) is 0 Å². The molecule has 1 aliphatic rings. The number of nitrogens with two attached hydrogens (primary N) is 1. The number of aromatic nitrogens is 5. The van der Waals surface area contributed by atoms with Crippen LogP contribution in [0.5, 0.6) is 0 Å². The second kappa shape index (κ2) is 5.40. The Morgan fingerprint density at radius 2 is 2.05 bits per heavy atom. The van der Waals surface area contributed by atoms with Crippen molar-refractivity contribution in [1.29, 1.82) is 0 Å². The van der Waals surface area contributed by atoms with Gasteiger partial charge in [0.15, 0.2) is 5.82 Å². The van der Waals surface area contributed by atoms with Gasteiger partial charge in [-0.15, -0.1) is 0 Å². The fraction of sp³-hybridized carbons (Fsp3) is 0.615. The zero-order valence-corrected chi connectivity index (χ0v) is 13.3. The molecular weight excluding hydrogens is 290 g/mol. The van der Waals surface area contributed by atoms with Crippen molar-refractivity contribution in [2.45, 2.75) is 39.5 Å². The topological polar surface area (TPSA) is 77.8 Å². The number of nitrogens with zero attached hydrogens (tertiary/aromatic N) is 6. The average molecular weight is 310 g/mol. The number of rotatable bonds is 2. The standard InChI is InChI=1S/C13H20ClN7/c1-8(15)20-5-4-6-21-10(7-20)11(14)12(18-21)13-16-9(2)17-19(13)3/h8H,4-7,15H2,1-3H3. The van der Waals surface area contributed by atoms with Crippen molar-refractivity contribution in [3.63, 3.8) is 0 Å². The summed E-state index contributed by atoms with van der Waals surface area (Å²) in [5, 5.41) is 9.56. The Kier molecular flexibility index (Phi) is 3.73. The molecule has 8 heteroatoms. The van der Waals surface area contributed by atoms with Crippen molar-refractivity contribution >= 4 is 11.6 Å². The summed E-state index contributed by atoms with van der Waals surface area (Å²) >= 11 is 6.57. The number of aryl methyl sites for hydroxylation is 3. The van der Waals surface area contributed by atoms with Gasteiger partial charge in [0.1, 0.15) is 11.5 Å². The normalized spacial score (nSPS) is 17.6. The van der Waals surface area contributed by atoms with Crippen LogP contribution >= 0.6 is 11.6 Å². The van der Waals surface area contributed by atoms with Crippen LogP contribution in [0.15, 0.2) is 0 Å². The third-order valence-electron chi connectivity index (χ3n) is 3.82. The molecule has 3 heterocycles. The monoisotopic (exact) mass is 309 g/mol. The number of hydrogen-bond donors (Lipinski definition) is 1. The third kappa shape index (κ3) is 2.56. The van der Waals surface area contributed by atoms with E-state index >= 15 is 0 Å². The van der Waals surface area contributed by atoms with Gasteiger partial charge in [-0.25, -0.2) is 9.67 Å². The van der Waals surface area contributed by atoms with Crippen molar-refractivity contribution in [3.05, 3.63) is 16.5 Å². The quantitative estimate of drug-likeness (QED) is 0.900. The Hall–Kier alpha value is -1.44. The summed E-state index contributed by atoms with van der Waals surface area (Å²) in [4.78, 5) is 6.62. The second-order valence-electron chi connectivity index (χ2n) is 5.50. The van der Waals surface area contributed by atoms with Crippen LogP contribution in [-0.2, 0) is 20.1 Å². The lowest BCUT2D eigenvalue weighted by atomic mass is 10.3. The molecule has 1 aliphatic heterocycles. The Balaban J connectivity index is 2.04. The van der Waals surface area contributed by atoms with E-state index in [1.807, 2.05) is 25.6 Å². The van der Waals surface area contributed by atoms with Crippen molar-refractivity contribution in [2.24, 2.45) is 12.8 Å². The fourth-order valence-electron chi connectivity index (χ4n) is 2.72. The number of hydrogen-bond acceptors (Lipinski definition) is 5. The van der Waals surface area contributed by atoms with E-state index in [1.54, 1.807) is 4.68 Å². The second-order valence-corrected chi connectivity index (χ2v) is 5.88. The molecule has 0 saturated heterocycles. The van der Waals surface area contributed by atoms with Gasteiger partial charge in [0.2, 0.25) is 0 Å².